The highest BCUT2D eigenvalue weighted by Crippen LogP contribution is 2.28. The van der Waals surface area contributed by atoms with Gasteiger partial charge in [-0.25, -0.2) is 8.42 Å². The highest BCUT2D eigenvalue weighted by Gasteiger charge is 2.33. The third kappa shape index (κ3) is 5.62. The molecule has 164 valence electrons. The lowest BCUT2D eigenvalue weighted by Crippen LogP contribution is -2.45. The molecule has 1 aliphatic rings. The van der Waals surface area contributed by atoms with Gasteiger partial charge in [-0.1, -0.05) is 18.2 Å². The van der Waals surface area contributed by atoms with Crippen LogP contribution in [0.15, 0.2) is 46.7 Å². The van der Waals surface area contributed by atoms with Gasteiger partial charge in [-0.15, -0.1) is 11.3 Å². The Balaban J connectivity index is 1.48. The first kappa shape index (κ1) is 22.8. The molecule has 1 saturated heterocycles. The summed E-state index contributed by atoms with van der Waals surface area (Å²) in [5, 5.41) is 3.01. The van der Waals surface area contributed by atoms with Crippen LogP contribution < -0.4 is 10.2 Å². The van der Waals surface area contributed by atoms with Crippen molar-refractivity contribution in [2.24, 2.45) is 5.92 Å². The van der Waals surface area contributed by atoms with E-state index in [9.17, 15) is 13.2 Å². The molecule has 0 bridgehead atoms. The minimum Gasteiger partial charge on any atom is -0.372 e. The number of sulfonamides is 1. The van der Waals surface area contributed by atoms with E-state index >= 15 is 0 Å². The zero-order chi connectivity index (χ0) is 21.6. The lowest BCUT2D eigenvalue weighted by Gasteiger charge is -2.31. The Morgan fingerprint density at radius 2 is 2.00 bits per heavy atom. The Morgan fingerprint density at radius 3 is 2.67 bits per heavy atom. The summed E-state index contributed by atoms with van der Waals surface area (Å²) in [6.07, 6.45) is 2.28. The Labute approximate surface area is 183 Å². The average Bonchev–Trinajstić information content (AvgIpc) is 3.21. The minimum absolute atomic E-state index is 0.0416. The van der Waals surface area contributed by atoms with E-state index in [4.69, 9.17) is 0 Å². The molecule has 3 rings (SSSR count). The Morgan fingerprint density at radius 1 is 1.23 bits per heavy atom. The van der Waals surface area contributed by atoms with Crippen molar-refractivity contribution in [3.05, 3.63) is 47.3 Å². The normalized spacial score (nSPS) is 17.6. The number of nitrogens with one attached hydrogen (secondary N) is 1. The summed E-state index contributed by atoms with van der Waals surface area (Å²) >= 11 is 1.28. The van der Waals surface area contributed by atoms with Gasteiger partial charge in [0.05, 0.1) is 5.92 Å². The van der Waals surface area contributed by atoms with E-state index in [2.05, 4.69) is 29.3 Å². The van der Waals surface area contributed by atoms with Crippen molar-refractivity contribution in [3.8, 4) is 0 Å². The van der Waals surface area contributed by atoms with Crippen LogP contribution in [0.1, 0.15) is 31.1 Å². The summed E-state index contributed by atoms with van der Waals surface area (Å²) in [7, 11) is -3.51. The molecule has 0 spiro atoms. The number of amides is 1. The number of rotatable bonds is 9. The number of piperidine rings is 1. The van der Waals surface area contributed by atoms with E-state index < -0.39 is 10.0 Å². The summed E-state index contributed by atoms with van der Waals surface area (Å²) in [5.74, 6) is -0.328. The number of nitrogens with zero attached hydrogens (tertiary/aromatic N) is 2. The number of anilines is 1. The molecule has 8 heteroatoms. The van der Waals surface area contributed by atoms with Crippen molar-refractivity contribution >= 4 is 33.0 Å². The van der Waals surface area contributed by atoms with Crippen LogP contribution in [0.4, 0.5) is 5.69 Å². The number of para-hydroxylation sites is 1. The first-order valence-corrected chi connectivity index (χ1v) is 12.8. The molecule has 1 fully saturated rings. The maximum atomic E-state index is 12.9. The molecule has 1 aromatic carbocycles. The second-order valence-corrected chi connectivity index (χ2v) is 11.1. The highest BCUT2D eigenvalue weighted by molar-refractivity contribution is 7.91. The second-order valence-electron chi connectivity index (χ2n) is 7.63. The molecular weight excluding hydrogens is 418 g/mol. The average molecular weight is 450 g/mol. The fourth-order valence-electron chi connectivity index (χ4n) is 3.79. The zero-order valence-corrected chi connectivity index (χ0v) is 19.3. The predicted molar refractivity (Wildman–Crippen MR) is 122 cm³/mol. The summed E-state index contributed by atoms with van der Waals surface area (Å²) in [4.78, 5) is 15.9. The van der Waals surface area contributed by atoms with E-state index in [-0.39, 0.29) is 18.4 Å². The van der Waals surface area contributed by atoms with Gasteiger partial charge >= 0.3 is 0 Å². The zero-order valence-electron chi connectivity index (χ0n) is 17.7. The van der Waals surface area contributed by atoms with Crippen LogP contribution in [0.2, 0.25) is 0 Å². The van der Waals surface area contributed by atoms with Gasteiger partial charge in [0.1, 0.15) is 4.21 Å². The van der Waals surface area contributed by atoms with Crippen molar-refractivity contribution in [3.63, 3.8) is 0 Å². The second kappa shape index (κ2) is 10.4. The van der Waals surface area contributed by atoms with Gasteiger partial charge in [0.25, 0.3) is 10.0 Å². The van der Waals surface area contributed by atoms with E-state index in [1.807, 2.05) is 31.2 Å². The minimum atomic E-state index is -3.51. The van der Waals surface area contributed by atoms with E-state index in [0.29, 0.717) is 23.7 Å². The van der Waals surface area contributed by atoms with Crippen molar-refractivity contribution in [2.75, 3.05) is 37.6 Å². The molecular formula is C22H31N3O3S2. The monoisotopic (exact) mass is 449 g/mol. The van der Waals surface area contributed by atoms with Gasteiger partial charge in [0, 0.05) is 43.3 Å². The van der Waals surface area contributed by atoms with Gasteiger partial charge in [-0.3, -0.25) is 4.79 Å². The molecule has 0 saturated carbocycles. The van der Waals surface area contributed by atoms with Crippen LogP contribution in [-0.2, 0) is 14.8 Å². The van der Waals surface area contributed by atoms with Crippen LogP contribution in [-0.4, -0.2) is 51.4 Å². The lowest BCUT2D eigenvalue weighted by molar-refractivity contribution is -0.126. The molecule has 1 amide bonds. The quantitative estimate of drug-likeness (QED) is 0.595. The van der Waals surface area contributed by atoms with Crippen LogP contribution in [0, 0.1) is 12.8 Å². The molecule has 1 unspecified atom stereocenters. The van der Waals surface area contributed by atoms with Crippen LogP contribution in [0.25, 0.3) is 0 Å². The number of hydrogen-bond acceptors (Lipinski definition) is 5. The topological polar surface area (TPSA) is 69.7 Å². The Kier molecular flexibility index (Phi) is 7.91. The molecule has 2 aromatic rings. The number of carbonyl (C=O) groups excluding carboxylic acids is 1. The Bertz CT molecular complexity index is 928. The number of thiophene rings is 1. The lowest BCUT2D eigenvalue weighted by atomic mass is 9.99. The van der Waals surface area contributed by atoms with Crippen LogP contribution >= 0.6 is 11.3 Å². The van der Waals surface area contributed by atoms with Gasteiger partial charge < -0.3 is 10.2 Å². The molecule has 6 nitrogen and oxygen atoms in total. The van der Waals surface area contributed by atoms with Crippen molar-refractivity contribution in [1.82, 2.24) is 9.62 Å². The van der Waals surface area contributed by atoms with E-state index in [0.717, 1.165) is 30.8 Å². The van der Waals surface area contributed by atoms with Gasteiger partial charge in [0.15, 0.2) is 0 Å². The fourth-order valence-corrected chi connectivity index (χ4v) is 6.75. The maximum absolute atomic E-state index is 12.9. The number of carbonyl (C=O) groups is 1. The van der Waals surface area contributed by atoms with Gasteiger partial charge in [0.2, 0.25) is 5.91 Å². The molecule has 2 heterocycles. The van der Waals surface area contributed by atoms with Crippen LogP contribution in [0.3, 0.4) is 0 Å². The molecule has 0 radical (unpaired) electrons. The van der Waals surface area contributed by atoms with Crippen LogP contribution in [0.5, 0.6) is 0 Å². The standard InChI is InChI=1S/C22H31N3O3S2/c1-3-24(20-10-5-4-6-11-20)15-8-14-23-22(26)19-9-7-16-25(17-19)30(27,28)21-13-12-18(2)29-21/h4-6,10-13,19H,3,7-9,14-17H2,1-2H3,(H,23,26). The molecule has 0 aliphatic carbocycles. The number of benzene rings is 1. The molecule has 1 aliphatic heterocycles. The van der Waals surface area contributed by atoms with E-state index in [1.54, 1.807) is 6.07 Å². The fraction of sp³-hybridized carbons (Fsp3) is 0.500. The SMILES string of the molecule is CCN(CCCNC(=O)C1CCCN(S(=O)(=O)c2ccc(C)s2)C1)c1ccccc1. The van der Waals surface area contributed by atoms with E-state index in [1.165, 1.54) is 21.3 Å². The van der Waals surface area contributed by atoms with Crippen molar-refractivity contribution in [1.29, 1.82) is 0 Å². The summed E-state index contributed by atoms with van der Waals surface area (Å²) in [5.41, 5.74) is 1.18. The number of hydrogen-bond donors (Lipinski definition) is 1. The maximum Gasteiger partial charge on any atom is 0.252 e. The predicted octanol–water partition coefficient (Wildman–Crippen LogP) is 3.49. The first-order chi connectivity index (χ1) is 14.4. The Hall–Kier alpha value is -1.90. The third-order valence-corrected chi connectivity index (χ3v) is 8.81. The largest absolute Gasteiger partial charge is 0.372 e. The first-order valence-electron chi connectivity index (χ1n) is 10.6. The molecule has 30 heavy (non-hydrogen) atoms. The van der Waals surface area contributed by atoms with Gasteiger partial charge in [-0.2, -0.15) is 4.31 Å². The molecule has 1 N–H and O–H groups in total. The summed E-state index contributed by atoms with van der Waals surface area (Å²) in [6.45, 7) is 7.13. The summed E-state index contributed by atoms with van der Waals surface area (Å²) < 4.78 is 27.6. The molecule has 1 aromatic heterocycles. The van der Waals surface area contributed by atoms with Gasteiger partial charge in [-0.05, 0) is 57.4 Å². The highest BCUT2D eigenvalue weighted by atomic mass is 32.2. The third-order valence-electron chi connectivity index (χ3n) is 5.47. The summed E-state index contributed by atoms with van der Waals surface area (Å²) in [6, 6.07) is 13.7. The smallest absolute Gasteiger partial charge is 0.252 e. The van der Waals surface area contributed by atoms with Crippen molar-refractivity contribution in [2.45, 2.75) is 37.3 Å². The molecule has 1 atom stereocenters. The number of aryl methyl sites for hydroxylation is 1. The van der Waals surface area contributed by atoms with Crippen molar-refractivity contribution < 1.29 is 13.2 Å².